The first-order chi connectivity index (χ1) is 16.8. The largest absolute Gasteiger partial charge is 0.497 e. The van der Waals surface area contributed by atoms with Gasteiger partial charge in [0.15, 0.2) is 0 Å². The van der Waals surface area contributed by atoms with E-state index in [1.807, 2.05) is 0 Å². The number of furan rings is 1. The number of benzene rings is 2. The number of nitro benzene ring substituents is 1. The van der Waals surface area contributed by atoms with Crippen LogP contribution >= 0.6 is 11.6 Å². The van der Waals surface area contributed by atoms with Crippen LogP contribution in [0, 0.1) is 10.1 Å². The van der Waals surface area contributed by atoms with Crippen LogP contribution < -0.4 is 15.4 Å². The Morgan fingerprint density at radius 1 is 1.11 bits per heavy atom. The van der Waals surface area contributed by atoms with Crippen molar-refractivity contribution < 1.29 is 28.5 Å². The first-order valence-electron chi connectivity index (χ1n) is 10.2. The van der Waals surface area contributed by atoms with Gasteiger partial charge in [-0.05, 0) is 48.5 Å². The second-order valence-electron chi connectivity index (χ2n) is 7.22. The minimum absolute atomic E-state index is 0.0299. The lowest BCUT2D eigenvalue weighted by Crippen LogP contribution is -2.42. The summed E-state index contributed by atoms with van der Waals surface area (Å²) in [6, 6.07) is 13.5. The highest BCUT2D eigenvalue weighted by Crippen LogP contribution is 2.26. The van der Waals surface area contributed by atoms with E-state index in [9.17, 15) is 24.5 Å². The van der Waals surface area contributed by atoms with E-state index in [-0.39, 0.29) is 23.7 Å². The summed E-state index contributed by atoms with van der Waals surface area (Å²) in [6.07, 6.45) is 1.41. The Bertz CT molecular complexity index is 1210. The molecule has 0 aliphatic carbocycles. The predicted molar refractivity (Wildman–Crippen MR) is 126 cm³/mol. The number of methoxy groups -OCH3 is 1. The van der Waals surface area contributed by atoms with Crippen molar-refractivity contribution in [1.82, 2.24) is 10.2 Å². The highest BCUT2D eigenvalue weighted by Gasteiger charge is 2.23. The molecule has 11 nitrogen and oxygen atoms in total. The average molecular weight is 501 g/mol. The molecule has 0 saturated carbocycles. The van der Waals surface area contributed by atoms with Gasteiger partial charge >= 0.3 is 0 Å². The van der Waals surface area contributed by atoms with Gasteiger partial charge < -0.3 is 24.7 Å². The Morgan fingerprint density at radius 2 is 1.86 bits per heavy atom. The van der Waals surface area contributed by atoms with Crippen molar-refractivity contribution in [2.45, 2.75) is 6.54 Å². The molecule has 0 fully saturated rings. The first-order valence-corrected chi connectivity index (χ1v) is 10.6. The van der Waals surface area contributed by atoms with Gasteiger partial charge in [0.1, 0.15) is 23.1 Å². The number of hydrogen-bond acceptors (Lipinski definition) is 7. The van der Waals surface area contributed by atoms with E-state index in [2.05, 4.69) is 10.6 Å². The number of nitrogens with zero attached hydrogens (tertiary/aromatic N) is 2. The van der Waals surface area contributed by atoms with Crippen LogP contribution in [-0.4, -0.2) is 47.7 Å². The maximum absolute atomic E-state index is 13.1. The molecule has 0 saturated heterocycles. The number of nitro groups is 1. The third kappa shape index (κ3) is 7.05. The van der Waals surface area contributed by atoms with Gasteiger partial charge in [0.25, 0.3) is 11.6 Å². The molecule has 3 aromatic rings. The topological polar surface area (TPSA) is 144 Å². The van der Waals surface area contributed by atoms with E-state index in [0.717, 1.165) is 11.0 Å². The van der Waals surface area contributed by atoms with Crippen molar-refractivity contribution in [3.05, 3.63) is 87.3 Å². The maximum atomic E-state index is 13.1. The van der Waals surface area contributed by atoms with Crippen LogP contribution in [0.15, 0.2) is 65.3 Å². The normalized spacial score (nSPS) is 10.3. The third-order valence-electron chi connectivity index (χ3n) is 4.76. The van der Waals surface area contributed by atoms with Crippen molar-refractivity contribution in [2.24, 2.45) is 0 Å². The molecule has 35 heavy (non-hydrogen) atoms. The average Bonchev–Trinajstić information content (AvgIpc) is 3.36. The molecule has 0 atom stereocenters. The summed E-state index contributed by atoms with van der Waals surface area (Å²) < 4.78 is 10.3. The molecular weight excluding hydrogens is 480 g/mol. The zero-order valence-corrected chi connectivity index (χ0v) is 19.3. The minimum atomic E-state index is -0.704. The van der Waals surface area contributed by atoms with Crippen molar-refractivity contribution in [1.29, 1.82) is 0 Å². The molecule has 0 spiro atoms. The van der Waals surface area contributed by atoms with Gasteiger partial charge in [0.2, 0.25) is 11.8 Å². The van der Waals surface area contributed by atoms with Gasteiger partial charge in [-0.25, -0.2) is 0 Å². The summed E-state index contributed by atoms with van der Waals surface area (Å²) in [6.45, 7) is -0.834. The van der Waals surface area contributed by atoms with E-state index in [4.69, 9.17) is 20.8 Å². The Labute approximate surface area is 204 Å². The molecule has 1 aromatic heterocycles. The highest BCUT2D eigenvalue weighted by molar-refractivity contribution is 6.32. The maximum Gasteiger partial charge on any atom is 0.288 e. The van der Waals surface area contributed by atoms with E-state index in [1.165, 1.54) is 25.5 Å². The number of anilines is 1. The van der Waals surface area contributed by atoms with Crippen LogP contribution in [0.25, 0.3) is 0 Å². The van der Waals surface area contributed by atoms with Gasteiger partial charge in [-0.2, -0.15) is 0 Å². The van der Waals surface area contributed by atoms with Gasteiger partial charge in [0, 0.05) is 17.3 Å². The SMILES string of the molecule is COc1ccc(NC(=O)CNC(=O)CN(Cc2ccco2)C(=O)c2ccc(Cl)c([N+](=O)[O-])c2)cc1. The molecule has 0 aliphatic rings. The van der Waals surface area contributed by atoms with Gasteiger partial charge in [-0.1, -0.05) is 11.6 Å². The molecule has 2 N–H and O–H groups in total. The number of ether oxygens (including phenoxy) is 1. The molecule has 182 valence electrons. The van der Waals surface area contributed by atoms with E-state index >= 15 is 0 Å². The molecule has 1 heterocycles. The first kappa shape index (κ1) is 25.2. The summed E-state index contributed by atoms with van der Waals surface area (Å²) >= 11 is 5.83. The van der Waals surface area contributed by atoms with Crippen LogP contribution in [0.2, 0.25) is 5.02 Å². The number of amides is 3. The van der Waals surface area contributed by atoms with Gasteiger partial charge in [-0.3, -0.25) is 24.5 Å². The fraction of sp³-hybridized carbons (Fsp3) is 0.174. The summed E-state index contributed by atoms with van der Waals surface area (Å²) in [7, 11) is 1.53. The number of carbonyl (C=O) groups excluding carboxylic acids is 3. The molecule has 2 aromatic carbocycles. The van der Waals surface area contributed by atoms with Crippen molar-refractivity contribution in [3.8, 4) is 5.75 Å². The molecule has 0 unspecified atom stereocenters. The van der Waals surface area contributed by atoms with E-state index in [0.29, 0.717) is 17.2 Å². The fourth-order valence-corrected chi connectivity index (χ4v) is 3.23. The van der Waals surface area contributed by atoms with Gasteiger partial charge in [-0.15, -0.1) is 0 Å². The van der Waals surface area contributed by atoms with Crippen molar-refractivity contribution >= 4 is 40.7 Å². The fourth-order valence-electron chi connectivity index (χ4n) is 3.05. The monoisotopic (exact) mass is 500 g/mol. The Morgan fingerprint density at radius 3 is 2.49 bits per heavy atom. The lowest BCUT2D eigenvalue weighted by atomic mass is 10.1. The Kier molecular flexibility index (Phi) is 8.41. The Balaban J connectivity index is 1.65. The minimum Gasteiger partial charge on any atom is -0.497 e. The standard InChI is InChI=1S/C23H21ClN4O7/c1-34-17-7-5-16(6-8-17)26-21(29)12-25-22(30)14-27(13-18-3-2-10-35-18)23(31)15-4-9-19(24)20(11-15)28(32)33/h2-11H,12-14H2,1H3,(H,25,30)(H,26,29). The van der Waals surface area contributed by atoms with E-state index in [1.54, 1.807) is 36.4 Å². The van der Waals surface area contributed by atoms with Crippen molar-refractivity contribution in [2.75, 3.05) is 25.5 Å². The molecule has 12 heteroatoms. The predicted octanol–water partition coefficient (Wildman–Crippen LogP) is 3.25. The summed E-state index contributed by atoms with van der Waals surface area (Å²) in [5.41, 5.74) is 0.0526. The number of rotatable bonds is 10. The van der Waals surface area contributed by atoms with Crippen molar-refractivity contribution in [3.63, 3.8) is 0 Å². The lowest BCUT2D eigenvalue weighted by molar-refractivity contribution is -0.384. The van der Waals surface area contributed by atoms with Crippen LogP contribution in [0.5, 0.6) is 5.75 Å². The Hall–Kier alpha value is -4.38. The van der Waals surface area contributed by atoms with E-state index < -0.39 is 34.9 Å². The van der Waals surface area contributed by atoms with Crippen LogP contribution in [0.4, 0.5) is 11.4 Å². The summed E-state index contributed by atoms with van der Waals surface area (Å²) in [4.78, 5) is 49.4. The third-order valence-corrected chi connectivity index (χ3v) is 5.08. The van der Waals surface area contributed by atoms with Gasteiger partial charge in [0.05, 0.1) is 31.4 Å². The molecule has 3 rings (SSSR count). The molecule has 0 aliphatic heterocycles. The number of hydrogen-bond donors (Lipinski definition) is 2. The number of carbonyl (C=O) groups is 3. The number of halogens is 1. The number of nitrogens with one attached hydrogen (secondary N) is 2. The van der Waals surface area contributed by atoms with Crippen LogP contribution in [-0.2, 0) is 16.1 Å². The second kappa shape index (κ2) is 11.7. The summed E-state index contributed by atoms with van der Waals surface area (Å²) in [5.74, 6) is -0.714. The smallest absolute Gasteiger partial charge is 0.288 e. The van der Waals surface area contributed by atoms with Crippen LogP contribution in [0.3, 0.4) is 0 Å². The zero-order valence-electron chi connectivity index (χ0n) is 18.5. The molecule has 0 radical (unpaired) electrons. The zero-order chi connectivity index (χ0) is 25.4. The lowest BCUT2D eigenvalue weighted by Gasteiger charge is -2.21. The second-order valence-corrected chi connectivity index (χ2v) is 7.62. The van der Waals surface area contributed by atoms with Crippen LogP contribution in [0.1, 0.15) is 16.1 Å². The molecule has 3 amide bonds. The quantitative estimate of drug-likeness (QED) is 0.321. The molecular formula is C23H21ClN4O7. The molecule has 0 bridgehead atoms. The summed E-state index contributed by atoms with van der Waals surface area (Å²) in [5, 5.41) is 16.1. The highest BCUT2D eigenvalue weighted by atomic mass is 35.5.